The third-order valence-electron chi connectivity index (χ3n) is 4.07. The van der Waals surface area contributed by atoms with Gasteiger partial charge in [0.15, 0.2) is 0 Å². The Morgan fingerprint density at radius 3 is 2.77 bits per heavy atom. The van der Waals surface area contributed by atoms with Gasteiger partial charge in [0.25, 0.3) is 5.91 Å². The fourth-order valence-corrected chi connectivity index (χ4v) is 3.75. The van der Waals surface area contributed by atoms with E-state index in [1.807, 2.05) is 0 Å². The van der Waals surface area contributed by atoms with Gasteiger partial charge in [-0.1, -0.05) is 47.2 Å². The van der Waals surface area contributed by atoms with Crippen molar-refractivity contribution in [1.82, 2.24) is 9.99 Å². The number of nitrogens with one attached hydrogen (secondary N) is 1. The zero-order chi connectivity index (χ0) is 21.7. The highest BCUT2D eigenvalue weighted by atomic mass is 35.5. The lowest BCUT2D eigenvalue weighted by atomic mass is 10.1. The lowest BCUT2D eigenvalue weighted by molar-refractivity contribution is 0.0696. The fourth-order valence-electron chi connectivity index (χ4n) is 2.65. The van der Waals surface area contributed by atoms with E-state index in [-0.39, 0.29) is 22.1 Å². The highest BCUT2D eigenvalue weighted by molar-refractivity contribution is 7.11. The molecule has 0 fully saturated rings. The van der Waals surface area contributed by atoms with Crippen LogP contribution < -0.4 is 15.0 Å². The van der Waals surface area contributed by atoms with E-state index in [1.54, 1.807) is 36.4 Å². The van der Waals surface area contributed by atoms with Gasteiger partial charge < -0.3 is 9.84 Å². The van der Waals surface area contributed by atoms with Crippen LogP contribution in [0, 0.1) is 0 Å². The number of hydrogen-bond donors (Lipinski definition) is 2. The Morgan fingerprint density at radius 2 is 2.03 bits per heavy atom. The number of carbonyl (C=O) groups is 2. The highest BCUT2D eigenvalue weighted by Gasteiger charge is 2.14. The van der Waals surface area contributed by atoms with Crippen molar-refractivity contribution in [2.45, 2.75) is 6.54 Å². The van der Waals surface area contributed by atoms with Crippen molar-refractivity contribution in [2.75, 3.05) is 7.11 Å². The predicted octanol–water partition coefficient (Wildman–Crippen LogP) is 3.08. The van der Waals surface area contributed by atoms with Crippen LogP contribution in [0.3, 0.4) is 0 Å². The molecular formula is C20H16ClN3O5S. The van der Waals surface area contributed by atoms with E-state index in [1.165, 1.54) is 30.0 Å². The van der Waals surface area contributed by atoms with Crippen molar-refractivity contribution in [3.63, 3.8) is 0 Å². The van der Waals surface area contributed by atoms with Crippen LogP contribution in [0.15, 0.2) is 58.4 Å². The molecule has 2 aromatic carbocycles. The number of thiazole rings is 1. The molecule has 1 heterocycles. The Morgan fingerprint density at radius 1 is 1.27 bits per heavy atom. The number of nitrogens with zero attached hydrogens (tertiary/aromatic N) is 2. The molecule has 0 aliphatic rings. The van der Waals surface area contributed by atoms with Crippen LogP contribution in [-0.4, -0.2) is 34.9 Å². The number of aromatic carboxylic acids is 1. The Bertz CT molecular complexity index is 1190. The number of halogens is 1. The zero-order valence-corrected chi connectivity index (χ0v) is 17.2. The van der Waals surface area contributed by atoms with Crippen molar-refractivity contribution in [3.05, 3.63) is 84.9 Å². The minimum absolute atomic E-state index is 0.108. The molecule has 0 aliphatic carbocycles. The first kappa shape index (κ1) is 21.3. The van der Waals surface area contributed by atoms with Crippen LogP contribution in [0.25, 0.3) is 0 Å². The van der Waals surface area contributed by atoms with E-state index < -0.39 is 11.9 Å². The second-order valence-corrected chi connectivity index (χ2v) is 7.37. The normalized spacial score (nSPS) is 10.9. The number of benzene rings is 2. The Kier molecular flexibility index (Phi) is 6.65. The SMILES string of the molecule is COc1ccccc1C(=O)N/N=C/c1sc(=O)n(Cc2cccc(C(=O)O)c2)c1Cl. The number of ether oxygens (including phenoxy) is 1. The van der Waals surface area contributed by atoms with Crippen LogP contribution in [0.1, 0.15) is 31.2 Å². The van der Waals surface area contributed by atoms with E-state index in [0.29, 0.717) is 21.8 Å². The Labute approximate surface area is 180 Å². The molecule has 0 atom stereocenters. The lowest BCUT2D eigenvalue weighted by Gasteiger charge is -2.06. The highest BCUT2D eigenvalue weighted by Crippen LogP contribution is 2.19. The number of carbonyl (C=O) groups excluding carboxylic acids is 1. The summed E-state index contributed by atoms with van der Waals surface area (Å²) in [6, 6.07) is 12.9. The van der Waals surface area contributed by atoms with Crippen LogP contribution in [0.2, 0.25) is 5.15 Å². The summed E-state index contributed by atoms with van der Waals surface area (Å²) in [6.45, 7) is 0.108. The van der Waals surface area contributed by atoms with Crippen LogP contribution in [0.4, 0.5) is 0 Å². The number of methoxy groups -OCH3 is 1. The van der Waals surface area contributed by atoms with Crippen molar-refractivity contribution in [1.29, 1.82) is 0 Å². The Hall–Kier alpha value is -3.43. The second kappa shape index (κ2) is 9.38. The number of aromatic nitrogens is 1. The van der Waals surface area contributed by atoms with Gasteiger partial charge in [-0.05, 0) is 29.8 Å². The third kappa shape index (κ3) is 4.76. The van der Waals surface area contributed by atoms with E-state index in [0.717, 1.165) is 11.3 Å². The maximum Gasteiger partial charge on any atom is 0.335 e. The maximum absolute atomic E-state index is 12.3. The maximum atomic E-state index is 12.3. The second-order valence-electron chi connectivity index (χ2n) is 6.01. The largest absolute Gasteiger partial charge is 0.496 e. The Balaban J connectivity index is 1.75. The number of carboxylic acids is 1. The number of para-hydroxylation sites is 1. The minimum atomic E-state index is -1.06. The van der Waals surface area contributed by atoms with E-state index in [4.69, 9.17) is 21.4 Å². The number of hydrogen-bond acceptors (Lipinski definition) is 6. The summed E-state index contributed by atoms with van der Waals surface area (Å²) in [4.78, 5) is 35.7. The molecule has 0 spiro atoms. The monoisotopic (exact) mass is 445 g/mol. The molecule has 2 N–H and O–H groups in total. The van der Waals surface area contributed by atoms with Gasteiger partial charge in [-0.25, -0.2) is 10.2 Å². The van der Waals surface area contributed by atoms with Crippen molar-refractivity contribution in [3.8, 4) is 5.75 Å². The summed E-state index contributed by atoms with van der Waals surface area (Å²) >= 11 is 7.15. The van der Waals surface area contributed by atoms with E-state index in [2.05, 4.69) is 10.5 Å². The summed E-state index contributed by atoms with van der Waals surface area (Å²) < 4.78 is 6.44. The van der Waals surface area contributed by atoms with Crippen molar-refractivity contribution >= 4 is 41.0 Å². The summed E-state index contributed by atoms with van der Waals surface area (Å²) in [5.74, 6) is -1.13. The number of hydrazone groups is 1. The van der Waals surface area contributed by atoms with Gasteiger partial charge in [-0.2, -0.15) is 5.10 Å². The van der Waals surface area contributed by atoms with Gasteiger partial charge in [-0.3, -0.25) is 14.2 Å². The van der Waals surface area contributed by atoms with E-state index >= 15 is 0 Å². The smallest absolute Gasteiger partial charge is 0.335 e. The summed E-state index contributed by atoms with van der Waals surface area (Å²) in [5, 5.41) is 13.1. The summed E-state index contributed by atoms with van der Waals surface area (Å²) in [6.07, 6.45) is 1.28. The molecule has 1 amide bonds. The molecule has 10 heteroatoms. The molecule has 8 nitrogen and oxygen atoms in total. The predicted molar refractivity (Wildman–Crippen MR) is 114 cm³/mol. The van der Waals surface area contributed by atoms with E-state index in [9.17, 15) is 14.4 Å². The van der Waals surface area contributed by atoms with Crippen LogP contribution in [0.5, 0.6) is 5.75 Å². The average molecular weight is 446 g/mol. The fraction of sp³-hybridized carbons (Fsp3) is 0.100. The first-order valence-corrected chi connectivity index (χ1v) is 9.78. The van der Waals surface area contributed by atoms with Crippen LogP contribution in [-0.2, 0) is 6.54 Å². The molecule has 0 radical (unpaired) electrons. The molecule has 0 unspecified atom stereocenters. The molecule has 0 saturated carbocycles. The third-order valence-corrected chi connectivity index (χ3v) is 5.51. The number of rotatable bonds is 7. The lowest BCUT2D eigenvalue weighted by Crippen LogP contribution is -2.18. The molecule has 0 saturated heterocycles. The van der Waals surface area contributed by atoms with Gasteiger partial charge in [-0.15, -0.1) is 0 Å². The van der Waals surface area contributed by atoms with Gasteiger partial charge in [0, 0.05) is 0 Å². The zero-order valence-electron chi connectivity index (χ0n) is 15.7. The molecule has 30 heavy (non-hydrogen) atoms. The molecule has 0 aliphatic heterocycles. The summed E-state index contributed by atoms with van der Waals surface area (Å²) in [5.41, 5.74) is 3.42. The molecule has 0 bridgehead atoms. The molecule has 154 valence electrons. The first-order chi connectivity index (χ1) is 14.4. The van der Waals surface area contributed by atoms with Gasteiger partial charge in [0.05, 0.1) is 35.9 Å². The summed E-state index contributed by atoms with van der Waals surface area (Å²) in [7, 11) is 1.46. The van der Waals surface area contributed by atoms with Gasteiger partial charge in [0.2, 0.25) is 0 Å². The number of carboxylic acid groups (broad SMARTS) is 1. The van der Waals surface area contributed by atoms with Crippen LogP contribution >= 0.6 is 22.9 Å². The quantitative estimate of drug-likeness (QED) is 0.429. The molecule has 3 rings (SSSR count). The molecular weight excluding hydrogens is 430 g/mol. The average Bonchev–Trinajstić information content (AvgIpc) is 3.01. The molecule has 1 aromatic heterocycles. The molecule has 3 aromatic rings. The van der Waals surface area contributed by atoms with Crippen molar-refractivity contribution in [2.24, 2.45) is 5.10 Å². The minimum Gasteiger partial charge on any atom is -0.496 e. The first-order valence-electron chi connectivity index (χ1n) is 8.58. The van der Waals surface area contributed by atoms with Gasteiger partial charge >= 0.3 is 10.8 Å². The van der Waals surface area contributed by atoms with Gasteiger partial charge in [0.1, 0.15) is 10.9 Å². The topological polar surface area (TPSA) is 110 Å². The number of amides is 1. The van der Waals surface area contributed by atoms with Crippen molar-refractivity contribution < 1.29 is 19.4 Å². The standard InChI is InChI=1S/C20H16ClN3O5S/c1-29-15-8-3-2-7-14(15)18(25)23-22-10-16-17(21)24(20(28)30-16)11-12-5-4-6-13(9-12)19(26)27/h2-10H,11H2,1H3,(H,23,25)(H,26,27)/b22-10+.